The monoisotopic (exact) mass is 166 g/mol. The number of para-hydroxylation sites is 1. The summed E-state index contributed by atoms with van der Waals surface area (Å²) in [6, 6.07) is 8.85. The minimum atomic E-state index is -1.69. The van der Waals surface area contributed by atoms with Gasteiger partial charge in [-0.15, -0.1) is 0 Å². The second-order valence-corrected chi connectivity index (χ2v) is 2.25. The van der Waals surface area contributed by atoms with Gasteiger partial charge in [-0.3, -0.25) is 0 Å². The van der Waals surface area contributed by atoms with Crippen LogP contribution in [-0.4, -0.2) is 22.3 Å². The molecule has 1 rings (SSSR count). The molecule has 0 aliphatic carbocycles. The lowest BCUT2D eigenvalue weighted by molar-refractivity contribution is 0.0186. The molecule has 0 atom stereocenters. The van der Waals surface area contributed by atoms with Crippen LogP contribution in [-0.2, 0) is 0 Å². The summed E-state index contributed by atoms with van der Waals surface area (Å²) in [6.07, 6.45) is -1.69. The lowest BCUT2D eigenvalue weighted by Crippen LogP contribution is -2.27. The maximum absolute atomic E-state index is 8.58. The summed E-state index contributed by atoms with van der Waals surface area (Å²) in [4.78, 5) is 3.75. The highest BCUT2D eigenvalue weighted by molar-refractivity contribution is 5.85. The van der Waals surface area contributed by atoms with Gasteiger partial charge >= 0.3 is 0 Å². The predicted octanol–water partition coefficient (Wildman–Crippen LogP) is -0.0140. The smallest absolute Gasteiger partial charge is 0.211 e. The lowest BCUT2D eigenvalue weighted by Gasteiger charge is -2.01. The Morgan fingerprint density at radius 1 is 1.25 bits per heavy atom. The molecule has 4 N–H and O–H groups in total. The molecular formula is C8H10N2O2. The Morgan fingerprint density at radius 3 is 2.33 bits per heavy atom. The van der Waals surface area contributed by atoms with E-state index < -0.39 is 6.29 Å². The summed E-state index contributed by atoms with van der Waals surface area (Å²) >= 11 is 0. The maximum atomic E-state index is 8.58. The van der Waals surface area contributed by atoms with Crippen molar-refractivity contribution in [2.24, 2.45) is 10.7 Å². The molecule has 4 nitrogen and oxygen atoms in total. The van der Waals surface area contributed by atoms with Gasteiger partial charge in [0, 0.05) is 0 Å². The summed E-state index contributed by atoms with van der Waals surface area (Å²) < 4.78 is 0. The minimum absolute atomic E-state index is 0.207. The molecule has 0 fully saturated rings. The fourth-order valence-electron chi connectivity index (χ4n) is 0.709. The molecule has 64 valence electrons. The highest BCUT2D eigenvalue weighted by atomic mass is 16.5. The van der Waals surface area contributed by atoms with E-state index in [1.807, 2.05) is 6.07 Å². The van der Waals surface area contributed by atoms with Gasteiger partial charge in [0.1, 0.15) is 0 Å². The summed E-state index contributed by atoms with van der Waals surface area (Å²) in [5.41, 5.74) is 5.80. The van der Waals surface area contributed by atoms with E-state index in [1.54, 1.807) is 24.3 Å². The van der Waals surface area contributed by atoms with Crippen molar-refractivity contribution in [2.45, 2.75) is 6.29 Å². The number of aliphatic hydroxyl groups excluding tert-OH is 1. The third-order valence-electron chi connectivity index (χ3n) is 1.28. The zero-order chi connectivity index (χ0) is 8.97. The zero-order valence-corrected chi connectivity index (χ0v) is 6.38. The van der Waals surface area contributed by atoms with E-state index in [0.29, 0.717) is 5.69 Å². The molecule has 0 radical (unpaired) electrons. The largest absolute Gasteiger partial charge is 0.383 e. The first kappa shape index (κ1) is 8.70. The molecule has 12 heavy (non-hydrogen) atoms. The fraction of sp³-hybridized carbons (Fsp3) is 0.125. The second-order valence-electron chi connectivity index (χ2n) is 2.25. The van der Waals surface area contributed by atoms with Crippen LogP contribution in [0.4, 0.5) is 5.69 Å². The van der Waals surface area contributed by atoms with Crippen molar-refractivity contribution in [3.8, 4) is 0 Å². The van der Waals surface area contributed by atoms with Gasteiger partial charge in [-0.05, 0) is 12.1 Å². The highest BCUT2D eigenvalue weighted by Gasteiger charge is 2.01. The van der Waals surface area contributed by atoms with Crippen molar-refractivity contribution < 1.29 is 10.2 Å². The molecule has 0 amide bonds. The zero-order valence-electron chi connectivity index (χ0n) is 6.38. The topological polar surface area (TPSA) is 78.8 Å². The van der Waals surface area contributed by atoms with Gasteiger partial charge in [-0.1, -0.05) is 18.2 Å². The first-order chi connectivity index (χ1) is 5.70. The normalized spacial score (nSPS) is 12.1. The molecular weight excluding hydrogens is 156 g/mol. The average Bonchev–Trinajstić information content (AvgIpc) is 2.06. The van der Waals surface area contributed by atoms with Crippen LogP contribution in [0.25, 0.3) is 0 Å². The molecule has 0 spiro atoms. The van der Waals surface area contributed by atoms with E-state index in [1.165, 1.54) is 0 Å². The summed E-state index contributed by atoms with van der Waals surface area (Å²) in [6.45, 7) is 0. The number of rotatable bonds is 2. The van der Waals surface area contributed by atoms with Crippen molar-refractivity contribution in [3.05, 3.63) is 30.3 Å². The third-order valence-corrected chi connectivity index (χ3v) is 1.28. The van der Waals surface area contributed by atoms with Crippen molar-refractivity contribution in [3.63, 3.8) is 0 Å². The van der Waals surface area contributed by atoms with Crippen LogP contribution in [0.5, 0.6) is 0 Å². The molecule has 0 heterocycles. The Balaban J connectivity index is 2.81. The van der Waals surface area contributed by atoms with E-state index in [-0.39, 0.29) is 5.84 Å². The summed E-state index contributed by atoms with van der Waals surface area (Å²) in [5.74, 6) is -0.207. The minimum Gasteiger partial charge on any atom is -0.383 e. The van der Waals surface area contributed by atoms with Gasteiger partial charge in [0.15, 0.2) is 5.84 Å². The van der Waals surface area contributed by atoms with E-state index in [9.17, 15) is 0 Å². The van der Waals surface area contributed by atoms with Crippen LogP contribution in [0.3, 0.4) is 0 Å². The fourth-order valence-corrected chi connectivity index (χ4v) is 0.709. The van der Waals surface area contributed by atoms with Crippen LogP contribution < -0.4 is 5.73 Å². The van der Waals surface area contributed by atoms with E-state index >= 15 is 0 Å². The molecule has 0 saturated heterocycles. The predicted molar refractivity (Wildman–Crippen MR) is 46.0 cm³/mol. The van der Waals surface area contributed by atoms with Crippen LogP contribution in [0, 0.1) is 0 Å². The Bertz CT molecular complexity index is 270. The molecule has 1 aromatic rings. The molecule has 0 saturated carbocycles. The van der Waals surface area contributed by atoms with Gasteiger partial charge in [0.25, 0.3) is 0 Å². The molecule has 0 aromatic heterocycles. The molecule has 0 aliphatic rings. The number of aliphatic hydroxyl groups is 2. The SMILES string of the molecule is NC(=Nc1ccccc1)C(O)O. The standard InChI is InChI=1S/C8H10N2O2/c9-7(8(11)12)10-6-4-2-1-3-5-6/h1-5,8,11-12H,(H2,9,10). The highest BCUT2D eigenvalue weighted by Crippen LogP contribution is 2.09. The van der Waals surface area contributed by atoms with E-state index in [4.69, 9.17) is 15.9 Å². The Kier molecular flexibility index (Phi) is 2.79. The van der Waals surface area contributed by atoms with Gasteiger partial charge in [0.2, 0.25) is 6.29 Å². The Morgan fingerprint density at radius 2 is 1.83 bits per heavy atom. The second kappa shape index (κ2) is 3.85. The summed E-state index contributed by atoms with van der Waals surface area (Å²) in [7, 11) is 0. The first-order valence-corrected chi connectivity index (χ1v) is 3.45. The van der Waals surface area contributed by atoms with Crippen molar-refractivity contribution in [1.29, 1.82) is 0 Å². The van der Waals surface area contributed by atoms with Gasteiger partial charge < -0.3 is 15.9 Å². The number of nitrogens with two attached hydrogens (primary N) is 1. The lowest BCUT2D eigenvalue weighted by atomic mass is 10.3. The summed E-state index contributed by atoms with van der Waals surface area (Å²) in [5, 5.41) is 17.2. The third kappa shape index (κ3) is 2.34. The molecule has 0 aliphatic heterocycles. The van der Waals surface area contributed by atoms with Crippen LogP contribution in [0.2, 0.25) is 0 Å². The average molecular weight is 166 g/mol. The van der Waals surface area contributed by atoms with Gasteiger partial charge in [0.05, 0.1) is 5.69 Å². The number of aliphatic imine (C=N–C) groups is 1. The molecule has 0 unspecified atom stereocenters. The number of hydrogen-bond acceptors (Lipinski definition) is 3. The van der Waals surface area contributed by atoms with E-state index in [0.717, 1.165) is 0 Å². The van der Waals surface area contributed by atoms with Gasteiger partial charge in [-0.2, -0.15) is 0 Å². The first-order valence-electron chi connectivity index (χ1n) is 3.45. The molecule has 4 heteroatoms. The Labute approximate surface area is 70.0 Å². The number of benzene rings is 1. The number of hydrogen-bond donors (Lipinski definition) is 3. The van der Waals surface area contributed by atoms with Crippen molar-refractivity contribution >= 4 is 11.5 Å². The number of nitrogens with zero attached hydrogens (tertiary/aromatic N) is 1. The quantitative estimate of drug-likeness (QED) is 0.328. The number of amidine groups is 1. The molecule has 0 bridgehead atoms. The van der Waals surface area contributed by atoms with Crippen LogP contribution >= 0.6 is 0 Å². The maximum Gasteiger partial charge on any atom is 0.211 e. The van der Waals surface area contributed by atoms with Crippen molar-refractivity contribution in [1.82, 2.24) is 0 Å². The van der Waals surface area contributed by atoms with Crippen molar-refractivity contribution in [2.75, 3.05) is 0 Å². The molecule has 1 aromatic carbocycles. The van der Waals surface area contributed by atoms with Gasteiger partial charge in [-0.25, -0.2) is 4.99 Å². The Hall–Kier alpha value is -1.39. The van der Waals surface area contributed by atoms with Crippen LogP contribution in [0.1, 0.15) is 0 Å². The van der Waals surface area contributed by atoms with E-state index in [2.05, 4.69) is 4.99 Å². The van der Waals surface area contributed by atoms with Crippen LogP contribution in [0.15, 0.2) is 35.3 Å².